The molecule has 0 bridgehead atoms. The molecular formula is C26H16S2. The summed E-state index contributed by atoms with van der Waals surface area (Å²) in [6, 6.07) is 35.1. The first kappa shape index (κ1) is 16.1. The molecule has 6 aromatic rings. The lowest BCUT2D eigenvalue weighted by Gasteiger charge is -2.01. The van der Waals surface area contributed by atoms with Crippen LogP contribution in [0.4, 0.5) is 0 Å². The molecule has 0 spiro atoms. The Morgan fingerprint density at radius 3 is 1.29 bits per heavy atom. The van der Waals surface area contributed by atoms with Crippen LogP contribution in [0.25, 0.3) is 51.8 Å². The van der Waals surface area contributed by atoms with Gasteiger partial charge in [0.1, 0.15) is 0 Å². The second-order valence-corrected chi connectivity index (χ2v) is 9.12. The van der Waals surface area contributed by atoms with E-state index in [2.05, 4.69) is 97.1 Å². The Morgan fingerprint density at radius 1 is 0.429 bits per heavy atom. The summed E-state index contributed by atoms with van der Waals surface area (Å²) in [5.74, 6) is 0. The predicted octanol–water partition coefficient (Wildman–Crippen LogP) is 8.60. The van der Waals surface area contributed by atoms with Gasteiger partial charge in [-0.25, -0.2) is 0 Å². The van der Waals surface area contributed by atoms with Gasteiger partial charge < -0.3 is 0 Å². The van der Waals surface area contributed by atoms with Crippen LogP contribution >= 0.6 is 22.7 Å². The second-order valence-electron chi connectivity index (χ2n) is 7.02. The van der Waals surface area contributed by atoms with Crippen molar-refractivity contribution in [3.8, 4) is 20.9 Å². The molecular weight excluding hydrogens is 376 g/mol. The van der Waals surface area contributed by atoms with Crippen LogP contribution in [-0.4, -0.2) is 0 Å². The van der Waals surface area contributed by atoms with E-state index in [1.54, 1.807) is 0 Å². The maximum atomic E-state index is 2.32. The van der Waals surface area contributed by atoms with E-state index in [9.17, 15) is 0 Å². The van der Waals surface area contributed by atoms with Crippen LogP contribution in [0, 0.1) is 0 Å². The van der Waals surface area contributed by atoms with E-state index in [-0.39, 0.29) is 0 Å². The molecule has 0 saturated heterocycles. The summed E-state index contributed by atoms with van der Waals surface area (Å²) < 4.78 is 2.76. The third-order valence-electron chi connectivity index (χ3n) is 5.28. The lowest BCUT2D eigenvalue weighted by molar-refractivity contribution is 1.70. The molecule has 6 rings (SSSR count). The molecule has 0 fully saturated rings. The van der Waals surface area contributed by atoms with Crippen molar-refractivity contribution in [2.75, 3.05) is 0 Å². The summed E-state index contributed by atoms with van der Waals surface area (Å²) in [7, 11) is 0. The molecule has 0 unspecified atom stereocenters. The third kappa shape index (κ3) is 2.50. The van der Waals surface area contributed by atoms with E-state index < -0.39 is 0 Å². The largest absolute Gasteiger partial charge is 0.135 e. The predicted molar refractivity (Wildman–Crippen MR) is 126 cm³/mol. The topological polar surface area (TPSA) is 0 Å². The van der Waals surface area contributed by atoms with Gasteiger partial charge in [0.15, 0.2) is 0 Å². The smallest absolute Gasteiger partial charge is 0.0428 e. The van der Waals surface area contributed by atoms with Gasteiger partial charge in [0, 0.05) is 29.9 Å². The van der Waals surface area contributed by atoms with Gasteiger partial charge >= 0.3 is 0 Å². The van der Waals surface area contributed by atoms with E-state index in [0.29, 0.717) is 0 Å². The highest BCUT2D eigenvalue weighted by atomic mass is 32.1. The Kier molecular flexibility index (Phi) is 3.61. The summed E-state index contributed by atoms with van der Waals surface area (Å²) >= 11 is 3.79. The van der Waals surface area contributed by atoms with E-state index in [1.807, 2.05) is 22.7 Å². The Morgan fingerprint density at radius 2 is 0.857 bits per heavy atom. The number of hydrogen-bond acceptors (Lipinski definition) is 2. The quantitative estimate of drug-likeness (QED) is 0.277. The monoisotopic (exact) mass is 392 g/mol. The molecule has 4 aromatic carbocycles. The molecule has 2 aromatic heterocycles. The Bertz CT molecular complexity index is 1320. The maximum absolute atomic E-state index is 2.32. The molecule has 0 radical (unpaired) electrons. The Hall–Kier alpha value is -2.94. The summed E-state index contributed by atoms with van der Waals surface area (Å²) in [5.41, 5.74) is 2.58. The highest BCUT2D eigenvalue weighted by molar-refractivity contribution is 7.24. The van der Waals surface area contributed by atoms with Gasteiger partial charge in [-0.05, 0) is 34.0 Å². The lowest BCUT2D eigenvalue weighted by atomic mass is 10.1. The van der Waals surface area contributed by atoms with Gasteiger partial charge in [-0.3, -0.25) is 0 Å². The van der Waals surface area contributed by atoms with Crippen LogP contribution < -0.4 is 0 Å². The molecule has 2 heterocycles. The van der Waals surface area contributed by atoms with Crippen molar-refractivity contribution < 1.29 is 0 Å². The van der Waals surface area contributed by atoms with Crippen molar-refractivity contribution in [3.63, 3.8) is 0 Å². The zero-order valence-electron chi connectivity index (χ0n) is 15.1. The summed E-state index contributed by atoms with van der Waals surface area (Å²) in [4.78, 5) is 2.67. The fraction of sp³-hybridized carbons (Fsp3) is 0. The average Bonchev–Trinajstić information content (AvgIpc) is 3.39. The zero-order valence-corrected chi connectivity index (χ0v) is 16.7. The summed E-state index contributed by atoms with van der Waals surface area (Å²) in [5, 5.41) is 5.38. The van der Waals surface area contributed by atoms with Crippen molar-refractivity contribution in [3.05, 3.63) is 97.1 Å². The highest BCUT2D eigenvalue weighted by Crippen LogP contribution is 2.42. The molecule has 0 amide bonds. The van der Waals surface area contributed by atoms with Gasteiger partial charge in [0.05, 0.1) is 0 Å². The molecule has 132 valence electrons. The van der Waals surface area contributed by atoms with Crippen molar-refractivity contribution in [2.45, 2.75) is 0 Å². The average molecular weight is 393 g/mol. The van der Waals surface area contributed by atoms with Gasteiger partial charge in [-0.15, -0.1) is 22.7 Å². The van der Waals surface area contributed by atoms with Crippen LogP contribution in [-0.2, 0) is 0 Å². The fourth-order valence-electron chi connectivity index (χ4n) is 3.89. The fourth-order valence-corrected chi connectivity index (χ4v) is 6.27. The van der Waals surface area contributed by atoms with Crippen LogP contribution in [0.5, 0.6) is 0 Å². The number of thiophene rings is 2. The molecule has 0 aliphatic heterocycles. The van der Waals surface area contributed by atoms with E-state index in [0.717, 1.165) is 0 Å². The van der Waals surface area contributed by atoms with E-state index in [4.69, 9.17) is 0 Å². The van der Waals surface area contributed by atoms with Crippen molar-refractivity contribution in [1.82, 2.24) is 0 Å². The van der Waals surface area contributed by atoms with Crippen molar-refractivity contribution >= 4 is 53.6 Å². The first-order valence-corrected chi connectivity index (χ1v) is 11.0. The van der Waals surface area contributed by atoms with E-state index >= 15 is 0 Å². The Labute approximate surface area is 171 Å². The molecule has 2 heteroatoms. The second kappa shape index (κ2) is 6.30. The van der Waals surface area contributed by atoms with Crippen molar-refractivity contribution in [2.24, 2.45) is 0 Å². The van der Waals surface area contributed by atoms with Crippen molar-refractivity contribution in [1.29, 1.82) is 0 Å². The standard InChI is InChI=1S/C26H16S2/c1-3-7-17(8-4-1)23-15-19-11-13-22-21(25(19)27-23)14-12-20-16-24(28-26(20)22)18-9-5-2-6-10-18/h1-16H. The molecule has 28 heavy (non-hydrogen) atoms. The minimum atomic E-state index is 1.29. The minimum Gasteiger partial charge on any atom is -0.135 e. The molecule has 0 aliphatic rings. The normalized spacial score (nSPS) is 11.6. The van der Waals surface area contributed by atoms with Crippen LogP contribution in [0.15, 0.2) is 97.1 Å². The van der Waals surface area contributed by atoms with E-state index in [1.165, 1.54) is 51.8 Å². The van der Waals surface area contributed by atoms with Crippen LogP contribution in [0.1, 0.15) is 0 Å². The highest BCUT2D eigenvalue weighted by Gasteiger charge is 2.12. The molecule has 0 saturated carbocycles. The summed E-state index contributed by atoms with van der Waals surface area (Å²) in [6.45, 7) is 0. The summed E-state index contributed by atoms with van der Waals surface area (Å²) in [6.07, 6.45) is 0. The minimum absolute atomic E-state index is 1.29. The number of fused-ring (bicyclic) bond motifs is 5. The van der Waals surface area contributed by atoms with Gasteiger partial charge in [-0.2, -0.15) is 0 Å². The number of hydrogen-bond donors (Lipinski definition) is 0. The van der Waals surface area contributed by atoms with Gasteiger partial charge in [-0.1, -0.05) is 84.9 Å². The SMILES string of the molecule is c1ccc(-c2cc3ccc4c(ccc5cc(-c6ccccc6)sc54)c3s2)cc1. The lowest BCUT2D eigenvalue weighted by Crippen LogP contribution is -1.73. The molecule has 0 N–H and O–H groups in total. The van der Waals surface area contributed by atoms with Crippen LogP contribution in [0.3, 0.4) is 0 Å². The zero-order chi connectivity index (χ0) is 18.5. The Balaban J connectivity index is 1.59. The van der Waals surface area contributed by atoms with Gasteiger partial charge in [0.25, 0.3) is 0 Å². The number of rotatable bonds is 2. The van der Waals surface area contributed by atoms with Crippen LogP contribution in [0.2, 0.25) is 0 Å². The third-order valence-corrected chi connectivity index (χ3v) is 7.74. The first-order chi connectivity index (χ1) is 13.9. The number of benzene rings is 4. The molecule has 0 aliphatic carbocycles. The van der Waals surface area contributed by atoms with Gasteiger partial charge in [0.2, 0.25) is 0 Å². The molecule has 0 atom stereocenters. The maximum Gasteiger partial charge on any atom is 0.0428 e. The first-order valence-electron chi connectivity index (χ1n) is 9.36. The molecule has 0 nitrogen and oxygen atoms in total.